The van der Waals surface area contributed by atoms with Crippen molar-refractivity contribution in [1.29, 1.82) is 0 Å². The second-order valence-corrected chi connectivity index (χ2v) is 12.6. The number of allylic oxidation sites excluding steroid dienone is 1. The minimum absolute atomic E-state index is 0.00946. The summed E-state index contributed by atoms with van der Waals surface area (Å²) >= 11 is 0. The molecule has 3 nitrogen and oxygen atoms in total. The van der Waals surface area contributed by atoms with Crippen LogP contribution in [0.1, 0.15) is 105 Å². The van der Waals surface area contributed by atoms with Gasteiger partial charge in [0.05, 0.1) is 0 Å². The van der Waals surface area contributed by atoms with Gasteiger partial charge in [0.15, 0.2) is 0 Å². The average molecular weight is 430 g/mol. The summed E-state index contributed by atoms with van der Waals surface area (Å²) in [6, 6.07) is 0. The Hall–Kier alpha value is -0.990. The summed E-state index contributed by atoms with van der Waals surface area (Å²) in [5.41, 5.74) is 7.72. The van der Waals surface area contributed by atoms with E-state index >= 15 is 0 Å². The number of ether oxygens (including phenoxy) is 1. The second kappa shape index (κ2) is 8.75. The first-order valence-electron chi connectivity index (χ1n) is 13.3. The molecular weight excluding hydrogens is 382 g/mol. The first-order chi connectivity index (χ1) is 14.6. The van der Waals surface area contributed by atoms with Gasteiger partial charge in [0.2, 0.25) is 0 Å². The van der Waals surface area contributed by atoms with E-state index in [0.29, 0.717) is 10.8 Å². The minimum Gasteiger partial charge on any atom is -0.446 e. The zero-order valence-electron chi connectivity index (χ0n) is 20.8. The standard InChI is InChI=1S/C28H47NO2/c1-18(2)7-6-8-19(3)23-11-12-24-22-10-9-20-17-21(31-26(29)30)13-15-27(20,4)25(22)14-16-28(23,24)5/h9,18-19,21-25H,6-8,10-17H2,1-5H3,(H2,29,30). The fourth-order valence-corrected chi connectivity index (χ4v) is 8.92. The van der Waals surface area contributed by atoms with Gasteiger partial charge in [-0.1, -0.05) is 65.5 Å². The molecule has 4 aliphatic carbocycles. The summed E-state index contributed by atoms with van der Waals surface area (Å²) in [5.74, 6) is 5.20. The van der Waals surface area contributed by atoms with Gasteiger partial charge in [-0.25, -0.2) is 4.79 Å². The maximum absolute atomic E-state index is 11.3. The van der Waals surface area contributed by atoms with Crippen LogP contribution in [0.3, 0.4) is 0 Å². The molecule has 0 aromatic heterocycles. The van der Waals surface area contributed by atoms with Crippen LogP contribution < -0.4 is 5.73 Å². The number of carbonyl (C=O) groups excluding carboxylic acids is 1. The molecular formula is C28H47NO2. The fourth-order valence-electron chi connectivity index (χ4n) is 8.92. The third kappa shape index (κ3) is 4.20. The summed E-state index contributed by atoms with van der Waals surface area (Å²) in [6.07, 6.45) is 16.1. The summed E-state index contributed by atoms with van der Waals surface area (Å²) in [4.78, 5) is 11.3. The number of amides is 1. The van der Waals surface area contributed by atoms with E-state index in [2.05, 4.69) is 40.7 Å². The van der Waals surface area contributed by atoms with Gasteiger partial charge < -0.3 is 10.5 Å². The van der Waals surface area contributed by atoms with E-state index in [9.17, 15) is 4.79 Å². The van der Waals surface area contributed by atoms with E-state index in [0.717, 1.165) is 54.8 Å². The predicted octanol–water partition coefficient (Wildman–Crippen LogP) is 7.49. The average Bonchev–Trinajstić information content (AvgIpc) is 3.05. The van der Waals surface area contributed by atoms with Crippen LogP contribution >= 0.6 is 0 Å². The van der Waals surface area contributed by atoms with Crippen LogP contribution in [0.4, 0.5) is 4.79 Å². The second-order valence-electron chi connectivity index (χ2n) is 12.6. The third-order valence-electron chi connectivity index (χ3n) is 10.5. The summed E-state index contributed by atoms with van der Waals surface area (Å²) in [7, 11) is 0. The summed E-state index contributed by atoms with van der Waals surface area (Å²) < 4.78 is 5.39. The number of nitrogens with two attached hydrogens (primary N) is 1. The molecule has 8 unspecified atom stereocenters. The van der Waals surface area contributed by atoms with E-state index in [-0.39, 0.29) is 6.10 Å². The van der Waals surface area contributed by atoms with Crippen LogP contribution in [0, 0.1) is 46.3 Å². The topological polar surface area (TPSA) is 52.3 Å². The van der Waals surface area contributed by atoms with Gasteiger partial charge in [-0.05, 0) is 91.3 Å². The van der Waals surface area contributed by atoms with Crippen molar-refractivity contribution < 1.29 is 9.53 Å². The Kier molecular flexibility index (Phi) is 6.54. The molecule has 3 fully saturated rings. The highest BCUT2D eigenvalue weighted by atomic mass is 16.6. The molecule has 0 spiro atoms. The highest BCUT2D eigenvalue weighted by Gasteiger charge is 2.59. The maximum Gasteiger partial charge on any atom is 0.404 e. The van der Waals surface area contributed by atoms with Crippen molar-refractivity contribution in [3.8, 4) is 0 Å². The number of hydrogen-bond donors (Lipinski definition) is 1. The zero-order valence-corrected chi connectivity index (χ0v) is 20.8. The quantitative estimate of drug-likeness (QED) is 0.445. The molecule has 0 bridgehead atoms. The Morgan fingerprint density at radius 1 is 1.10 bits per heavy atom. The number of rotatable bonds is 6. The lowest BCUT2D eigenvalue weighted by Gasteiger charge is -2.58. The molecule has 3 saturated carbocycles. The minimum atomic E-state index is -0.615. The van der Waals surface area contributed by atoms with E-state index in [1.54, 1.807) is 5.57 Å². The largest absolute Gasteiger partial charge is 0.446 e. The molecule has 4 rings (SSSR count). The van der Waals surface area contributed by atoms with Crippen molar-refractivity contribution in [3.05, 3.63) is 11.6 Å². The number of hydrogen-bond acceptors (Lipinski definition) is 2. The molecule has 31 heavy (non-hydrogen) atoms. The van der Waals surface area contributed by atoms with E-state index in [1.165, 1.54) is 51.4 Å². The highest BCUT2D eigenvalue weighted by Crippen LogP contribution is 2.67. The molecule has 0 heterocycles. The van der Waals surface area contributed by atoms with Gasteiger partial charge in [-0.2, -0.15) is 0 Å². The Morgan fingerprint density at radius 2 is 1.87 bits per heavy atom. The monoisotopic (exact) mass is 429 g/mol. The van der Waals surface area contributed by atoms with Crippen molar-refractivity contribution in [2.75, 3.05) is 0 Å². The van der Waals surface area contributed by atoms with E-state index < -0.39 is 6.09 Å². The highest BCUT2D eigenvalue weighted by molar-refractivity contribution is 5.64. The molecule has 0 radical (unpaired) electrons. The molecule has 0 aromatic rings. The molecule has 4 aliphatic rings. The molecule has 1 amide bonds. The first-order valence-corrected chi connectivity index (χ1v) is 13.3. The SMILES string of the molecule is CC(C)CCCC(C)C1CCC2C3CC=C4CC(OC(N)=O)CCC4(C)C3CCC12C. The van der Waals surface area contributed by atoms with Crippen LogP contribution in [0.15, 0.2) is 11.6 Å². The van der Waals surface area contributed by atoms with Crippen molar-refractivity contribution in [3.63, 3.8) is 0 Å². The fraction of sp³-hybridized carbons (Fsp3) is 0.893. The molecule has 8 atom stereocenters. The predicted molar refractivity (Wildman–Crippen MR) is 128 cm³/mol. The molecule has 2 N–H and O–H groups in total. The Morgan fingerprint density at radius 3 is 2.58 bits per heavy atom. The van der Waals surface area contributed by atoms with Gasteiger partial charge in [0, 0.05) is 6.42 Å². The normalized spacial score (nSPS) is 42.9. The van der Waals surface area contributed by atoms with Crippen molar-refractivity contribution >= 4 is 6.09 Å². The maximum atomic E-state index is 11.3. The lowest BCUT2D eigenvalue weighted by atomic mass is 9.47. The van der Waals surface area contributed by atoms with Crippen LogP contribution in [-0.4, -0.2) is 12.2 Å². The molecule has 0 saturated heterocycles. The van der Waals surface area contributed by atoms with Crippen molar-refractivity contribution in [1.82, 2.24) is 0 Å². The van der Waals surface area contributed by atoms with Gasteiger partial charge in [0.1, 0.15) is 6.10 Å². The first kappa shape index (κ1) is 23.2. The van der Waals surface area contributed by atoms with Crippen LogP contribution in [0.5, 0.6) is 0 Å². The smallest absolute Gasteiger partial charge is 0.404 e. The molecule has 3 heteroatoms. The molecule has 0 aromatic carbocycles. The zero-order chi connectivity index (χ0) is 22.4. The van der Waals surface area contributed by atoms with Gasteiger partial charge in [-0.3, -0.25) is 0 Å². The Balaban J connectivity index is 1.47. The van der Waals surface area contributed by atoms with E-state index in [4.69, 9.17) is 10.5 Å². The number of fused-ring (bicyclic) bond motifs is 5. The summed E-state index contributed by atoms with van der Waals surface area (Å²) in [5, 5.41) is 0. The lowest BCUT2D eigenvalue weighted by Crippen LogP contribution is -2.51. The van der Waals surface area contributed by atoms with Gasteiger partial charge >= 0.3 is 6.09 Å². The number of primary amides is 1. The van der Waals surface area contributed by atoms with Gasteiger partial charge in [0.25, 0.3) is 0 Å². The van der Waals surface area contributed by atoms with Gasteiger partial charge in [-0.15, -0.1) is 0 Å². The van der Waals surface area contributed by atoms with Crippen molar-refractivity contribution in [2.45, 2.75) is 111 Å². The lowest BCUT2D eigenvalue weighted by molar-refractivity contribution is -0.0578. The third-order valence-corrected chi connectivity index (χ3v) is 10.5. The van der Waals surface area contributed by atoms with E-state index in [1.807, 2.05) is 0 Å². The Labute approximate surface area is 190 Å². The molecule has 0 aliphatic heterocycles. The van der Waals surface area contributed by atoms with Crippen LogP contribution in [0.25, 0.3) is 0 Å². The van der Waals surface area contributed by atoms with Crippen molar-refractivity contribution in [2.24, 2.45) is 52.1 Å². The van der Waals surface area contributed by atoms with Crippen LogP contribution in [0.2, 0.25) is 0 Å². The van der Waals surface area contributed by atoms with Crippen LogP contribution in [-0.2, 0) is 4.74 Å². The summed E-state index contributed by atoms with van der Waals surface area (Å²) in [6.45, 7) is 12.5. The Bertz CT molecular complexity index is 699. The number of carbonyl (C=O) groups is 1. The molecule has 176 valence electrons.